The zero-order valence-corrected chi connectivity index (χ0v) is 16.3. The fourth-order valence-electron chi connectivity index (χ4n) is 2.56. The first-order valence-corrected chi connectivity index (χ1v) is 9.03. The Balaban J connectivity index is 0.000000254. The monoisotopic (exact) mass is 395 g/mol. The molecule has 26 heavy (non-hydrogen) atoms. The van der Waals surface area contributed by atoms with Crippen LogP contribution in [-0.2, 0) is 17.8 Å². The first kappa shape index (κ1) is 20.2. The average molecular weight is 396 g/mol. The van der Waals surface area contributed by atoms with Crippen molar-refractivity contribution < 1.29 is 9.84 Å². The van der Waals surface area contributed by atoms with Gasteiger partial charge in [0.05, 0.1) is 37.5 Å². The molecule has 1 aromatic carbocycles. The van der Waals surface area contributed by atoms with Crippen molar-refractivity contribution in [2.75, 3.05) is 13.2 Å². The topological polar surface area (TPSA) is 68.4 Å². The van der Waals surface area contributed by atoms with Crippen molar-refractivity contribution in [2.24, 2.45) is 0 Å². The van der Waals surface area contributed by atoms with Gasteiger partial charge in [0.15, 0.2) is 0 Å². The molecule has 2 aromatic rings. The maximum Gasteiger partial charge on any atom is 0.280 e. The Bertz CT molecular complexity index is 820. The lowest BCUT2D eigenvalue weighted by Crippen LogP contribution is -2.25. The number of allylic oxidation sites excluding steroid dienone is 1. The van der Waals surface area contributed by atoms with E-state index in [2.05, 4.69) is 5.32 Å². The average Bonchev–Trinajstić information content (AvgIpc) is 2.81. The highest BCUT2D eigenvalue weighted by molar-refractivity contribution is 7.78. The molecule has 8 heteroatoms. The third-order valence-electron chi connectivity index (χ3n) is 3.89. The molecular weight excluding hydrogens is 374 g/mol. The zero-order valence-electron chi connectivity index (χ0n) is 14.7. The third-order valence-corrected chi connectivity index (χ3v) is 4.26. The molecule has 0 radical (unpaired) electrons. The molecule has 0 spiro atoms. The van der Waals surface area contributed by atoms with Gasteiger partial charge in [0.2, 0.25) is 5.88 Å². The lowest BCUT2D eigenvalue weighted by Gasteiger charge is -2.06. The summed E-state index contributed by atoms with van der Waals surface area (Å²) in [6.07, 6.45) is 1.70. The van der Waals surface area contributed by atoms with Gasteiger partial charge in [0, 0.05) is 5.02 Å². The van der Waals surface area contributed by atoms with Crippen LogP contribution in [-0.4, -0.2) is 33.2 Å². The number of hydrogen-bond donors (Lipinski definition) is 2. The highest BCUT2D eigenvalue weighted by atomic mass is 35.5. The Hall–Kier alpha value is -2.09. The van der Waals surface area contributed by atoms with E-state index in [1.807, 2.05) is 31.2 Å². The van der Waals surface area contributed by atoms with Gasteiger partial charge in [-0.25, -0.2) is 9.36 Å². The minimum atomic E-state index is -0.240. The number of aromatic hydroxyl groups is 1. The maximum atomic E-state index is 12.3. The van der Waals surface area contributed by atoms with E-state index in [0.29, 0.717) is 32.0 Å². The summed E-state index contributed by atoms with van der Waals surface area (Å²) >= 11 is 10.3. The molecule has 0 fully saturated rings. The van der Waals surface area contributed by atoms with Crippen LogP contribution in [0.5, 0.6) is 5.88 Å². The summed E-state index contributed by atoms with van der Waals surface area (Å²) in [7, 11) is 0. The second-order valence-electron chi connectivity index (χ2n) is 5.62. The first-order chi connectivity index (χ1) is 12.5. The van der Waals surface area contributed by atoms with Gasteiger partial charge in [0.1, 0.15) is 5.56 Å². The second-order valence-corrected chi connectivity index (χ2v) is 6.29. The van der Waals surface area contributed by atoms with Crippen molar-refractivity contribution >= 4 is 35.0 Å². The molecule has 2 N–H and O–H groups in total. The van der Waals surface area contributed by atoms with E-state index in [0.717, 1.165) is 5.02 Å². The van der Waals surface area contributed by atoms with Crippen molar-refractivity contribution in [3.63, 3.8) is 0 Å². The van der Waals surface area contributed by atoms with Gasteiger partial charge < -0.3 is 15.2 Å². The number of aryl methyl sites for hydroxylation is 1. The van der Waals surface area contributed by atoms with E-state index < -0.39 is 0 Å². The molecule has 1 aromatic heterocycles. The molecular formula is C18H22ClN3O3S. The van der Waals surface area contributed by atoms with Crippen LogP contribution >= 0.6 is 23.8 Å². The summed E-state index contributed by atoms with van der Waals surface area (Å²) in [6, 6.07) is 7.75. The fourth-order valence-corrected chi connectivity index (χ4v) is 2.82. The summed E-state index contributed by atoms with van der Waals surface area (Å²) in [5.74, 6) is -0.0528. The summed E-state index contributed by atoms with van der Waals surface area (Å²) in [4.78, 5) is 12.3. The Morgan fingerprint density at radius 2 is 1.88 bits per heavy atom. The first-order valence-electron chi connectivity index (χ1n) is 8.19. The molecule has 0 saturated heterocycles. The Morgan fingerprint density at radius 1 is 1.27 bits per heavy atom. The maximum absolute atomic E-state index is 12.3. The molecule has 140 valence electrons. The minimum absolute atomic E-state index is 0.0528. The number of nitrogens with zero attached hydrogens (tertiary/aromatic N) is 2. The van der Waals surface area contributed by atoms with Crippen LogP contribution in [0.15, 0.2) is 35.1 Å². The Labute approximate surface area is 162 Å². The molecule has 6 nitrogen and oxygen atoms in total. The molecule has 0 amide bonds. The molecule has 0 unspecified atom stereocenters. The van der Waals surface area contributed by atoms with Crippen LogP contribution < -0.4 is 10.9 Å². The lowest BCUT2D eigenvalue weighted by molar-refractivity contribution is 0.137. The van der Waals surface area contributed by atoms with Crippen LogP contribution in [0.4, 0.5) is 0 Å². The summed E-state index contributed by atoms with van der Waals surface area (Å²) in [5, 5.41) is 13.8. The number of nitrogens with one attached hydrogen (secondary N) is 1. The zero-order chi connectivity index (χ0) is 19.1. The van der Waals surface area contributed by atoms with Crippen LogP contribution in [0.1, 0.15) is 18.1 Å². The molecule has 2 heterocycles. The molecule has 0 aliphatic carbocycles. The molecule has 1 aliphatic rings. The number of thiocarbonyl (C=S) groups is 1. The summed E-state index contributed by atoms with van der Waals surface area (Å²) < 4.78 is 8.31. The van der Waals surface area contributed by atoms with Crippen molar-refractivity contribution in [1.29, 1.82) is 0 Å². The Kier molecular flexibility index (Phi) is 7.44. The quantitative estimate of drug-likeness (QED) is 0.782. The van der Waals surface area contributed by atoms with Crippen molar-refractivity contribution in [2.45, 2.75) is 26.9 Å². The van der Waals surface area contributed by atoms with Crippen LogP contribution in [0, 0.1) is 6.92 Å². The van der Waals surface area contributed by atoms with Gasteiger partial charge in [-0.05, 0) is 26.0 Å². The molecule has 1 aliphatic heterocycles. The van der Waals surface area contributed by atoms with Gasteiger partial charge in [-0.3, -0.25) is 4.79 Å². The van der Waals surface area contributed by atoms with Crippen LogP contribution in [0.25, 0.3) is 5.70 Å². The molecule has 0 atom stereocenters. The largest absolute Gasteiger partial charge is 0.493 e. The van der Waals surface area contributed by atoms with Crippen molar-refractivity contribution in [3.05, 3.63) is 56.8 Å². The number of hydrogen-bond acceptors (Lipinski definition) is 4. The van der Waals surface area contributed by atoms with Gasteiger partial charge in [-0.1, -0.05) is 47.6 Å². The Morgan fingerprint density at radius 3 is 2.42 bits per heavy atom. The van der Waals surface area contributed by atoms with E-state index in [9.17, 15) is 9.90 Å². The fraction of sp³-hybridized carbons (Fsp3) is 0.333. The number of benzene rings is 1. The number of ether oxygens (including phenoxy) is 1. The van der Waals surface area contributed by atoms with Crippen LogP contribution in [0.2, 0.25) is 5.02 Å². The van der Waals surface area contributed by atoms with Gasteiger partial charge in [0.25, 0.3) is 5.56 Å². The number of rotatable bonds is 3. The number of fused-ring (bicyclic) bond motifs is 1. The van der Waals surface area contributed by atoms with E-state index in [1.54, 1.807) is 17.7 Å². The highest BCUT2D eigenvalue weighted by Crippen LogP contribution is 2.21. The number of aromatic nitrogens is 2. The highest BCUT2D eigenvalue weighted by Gasteiger charge is 2.23. The predicted molar refractivity (Wildman–Crippen MR) is 108 cm³/mol. The lowest BCUT2D eigenvalue weighted by atomic mass is 10.2. The standard InChI is InChI=1S/C11H15N3O3S.C7H7Cl/c1-2-8(12-7-18)9-10(15)13-3-5-17-6-4-14(13)11(9)16;1-6-2-4-7(8)5-3-6/h2,7,15H,3-6H2,1H3,(H,12,18);2-5H,1H3/b8-2+;. The SMILES string of the molecule is C/C=C(/NC=S)c1c(O)n2n(c1=O)CCOCC2.Cc1ccc(Cl)cc1. The number of halogens is 1. The second kappa shape index (κ2) is 9.56. The van der Waals surface area contributed by atoms with Gasteiger partial charge >= 0.3 is 0 Å². The van der Waals surface area contributed by atoms with Crippen molar-refractivity contribution in [3.8, 4) is 5.88 Å². The van der Waals surface area contributed by atoms with Crippen LogP contribution in [0.3, 0.4) is 0 Å². The smallest absolute Gasteiger partial charge is 0.280 e. The normalized spacial score (nSPS) is 13.9. The van der Waals surface area contributed by atoms with E-state index in [4.69, 9.17) is 28.6 Å². The van der Waals surface area contributed by atoms with E-state index in [-0.39, 0.29) is 17.0 Å². The summed E-state index contributed by atoms with van der Waals surface area (Å²) in [6.45, 7) is 5.64. The van der Waals surface area contributed by atoms with E-state index >= 15 is 0 Å². The molecule has 3 rings (SSSR count). The third kappa shape index (κ3) is 4.75. The van der Waals surface area contributed by atoms with Gasteiger partial charge in [-0.15, -0.1) is 0 Å². The van der Waals surface area contributed by atoms with Gasteiger partial charge in [-0.2, -0.15) is 0 Å². The molecule has 0 bridgehead atoms. The van der Waals surface area contributed by atoms with E-state index in [1.165, 1.54) is 15.7 Å². The predicted octanol–water partition coefficient (Wildman–Crippen LogP) is 2.94. The minimum Gasteiger partial charge on any atom is -0.493 e. The van der Waals surface area contributed by atoms with Crippen molar-refractivity contribution in [1.82, 2.24) is 14.7 Å². The summed E-state index contributed by atoms with van der Waals surface area (Å²) in [5.41, 5.74) is 3.08. The molecule has 0 saturated carbocycles.